The second-order valence-corrected chi connectivity index (χ2v) is 9.11. The summed E-state index contributed by atoms with van der Waals surface area (Å²) in [6.45, 7) is 3.32. The molecule has 0 aromatic heterocycles. The lowest BCUT2D eigenvalue weighted by Gasteiger charge is -2.21. The average Bonchev–Trinajstić information content (AvgIpc) is 3.09. The highest BCUT2D eigenvalue weighted by atomic mass is 16.5. The minimum atomic E-state index is -1.50. The molecule has 0 fully saturated rings. The topological polar surface area (TPSA) is 125 Å². The van der Waals surface area contributed by atoms with Crippen molar-refractivity contribution in [3.63, 3.8) is 0 Å². The average molecular weight is 469 g/mol. The standard InChI is InChI=1S/C26H32N2O6/c1-17(8-7-13-23(29)27-16-26(2,33)14-24(30)31)28-25(32)34-15-22-20-11-5-3-9-18(20)19-10-4-6-12-21(19)22/h3-6,9-12,17,22,33H,7-8,13-16H2,1-2H3,(H,27,29)(H,28,32)(H,30,31). The van der Waals surface area contributed by atoms with Crippen LogP contribution < -0.4 is 10.6 Å². The molecular formula is C26H32N2O6. The van der Waals surface area contributed by atoms with Gasteiger partial charge in [0.2, 0.25) is 5.91 Å². The lowest BCUT2D eigenvalue weighted by Crippen LogP contribution is -2.42. The van der Waals surface area contributed by atoms with E-state index in [-0.39, 0.29) is 37.4 Å². The number of hydrogen-bond donors (Lipinski definition) is 4. The molecule has 0 saturated carbocycles. The van der Waals surface area contributed by atoms with E-state index in [9.17, 15) is 19.5 Å². The molecule has 2 amide bonds. The summed E-state index contributed by atoms with van der Waals surface area (Å²) >= 11 is 0. The molecule has 0 radical (unpaired) electrons. The smallest absolute Gasteiger partial charge is 0.407 e. The zero-order chi connectivity index (χ0) is 24.7. The summed E-state index contributed by atoms with van der Waals surface area (Å²) in [5, 5.41) is 24.0. The summed E-state index contributed by atoms with van der Waals surface area (Å²) in [5.74, 6) is -1.41. The van der Waals surface area contributed by atoms with Crippen molar-refractivity contribution in [3.05, 3.63) is 59.7 Å². The fourth-order valence-electron chi connectivity index (χ4n) is 4.25. The Balaban J connectivity index is 1.39. The molecule has 8 nitrogen and oxygen atoms in total. The molecule has 1 aliphatic rings. The van der Waals surface area contributed by atoms with E-state index in [1.165, 1.54) is 18.1 Å². The van der Waals surface area contributed by atoms with Crippen LogP contribution in [0.1, 0.15) is 56.6 Å². The van der Waals surface area contributed by atoms with Crippen molar-refractivity contribution < 1.29 is 29.3 Å². The molecule has 4 N–H and O–H groups in total. The van der Waals surface area contributed by atoms with Crippen LogP contribution in [0.3, 0.4) is 0 Å². The fraction of sp³-hybridized carbons (Fsp3) is 0.423. The van der Waals surface area contributed by atoms with Crippen LogP contribution in [0.2, 0.25) is 0 Å². The molecule has 0 heterocycles. The SMILES string of the molecule is CC(CCCC(=O)NCC(C)(O)CC(=O)O)NC(=O)OCC1c2ccccc2-c2ccccc21. The Morgan fingerprint density at radius 2 is 1.65 bits per heavy atom. The minimum absolute atomic E-state index is 0.00418. The number of aliphatic hydroxyl groups is 1. The summed E-state index contributed by atoms with van der Waals surface area (Å²) in [6, 6.07) is 16.1. The number of aliphatic carboxylic acids is 1. The molecule has 0 saturated heterocycles. The van der Waals surface area contributed by atoms with Crippen LogP contribution in [0.25, 0.3) is 11.1 Å². The fourth-order valence-corrected chi connectivity index (χ4v) is 4.25. The first-order valence-electron chi connectivity index (χ1n) is 11.5. The van der Waals surface area contributed by atoms with Crippen LogP contribution in [-0.4, -0.2) is 53.0 Å². The van der Waals surface area contributed by atoms with E-state index in [1.54, 1.807) is 0 Å². The van der Waals surface area contributed by atoms with Crippen LogP contribution in [0.5, 0.6) is 0 Å². The summed E-state index contributed by atoms with van der Waals surface area (Å²) in [4.78, 5) is 35.0. The highest BCUT2D eigenvalue weighted by Crippen LogP contribution is 2.44. The van der Waals surface area contributed by atoms with Crippen LogP contribution >= 0.6 is 0 Å². The molecule has 2 atom stereocenters. The number of ether oxygens (including phenoxy) is 1. The number of carbonyl (C=O) groups is 3. The van der Waals surface area contributed by atoms with E-state index in [2.05, 4.69) is 34.9 Å². The Bertz CT molecular complexity index is 990. The molecule has 0 aliphatic heterocycles. The van der Waals surface area contributed by atoms with Gasteiger partial charge in [-0.15, -0.1) is 0 Å². The molecule has 8 heteroatoms. The molecule has 2 aromatic rings. The van der Waals surface area contributed by atoms with Gasteiger partial charge in [-0.05, 0) is 48.9 Å². The second-order valence-electron chi connectivity index (χ2n) is 9.11. The molecular weight excluding hydrogens is 436 g/mol. The van der Waals surface area contributed by atoms with Gasteiger partial charge in [0.1, 0.15) is 6.61 Å². The van der Waals surface area contributed by atoms with Gasteiger partial charge < -0.3 is 25.6 Å². The normalized spacial score (nSPS) is 14.9. The Labute approximate surface area is 199 Å². The van der Waals surface area contributed by atoms with Gasteiger partial charge >= 0.3 is 12.1 Å². The lowest BCUT2D eigenvalue weighted by molar-refractivity contribution is -0.142. The number of carboxylic acid groups (broad SMARTS) is 1. The monoisotopic (exact) mass is 468 g/mol. The third-order valence-electron chi connectivity index (χ3n) is 5.95. The Kier molecular flexibility index (Phi) is 8.28. The number of benzene rings is 2. The van der Waals surface area contributed by atoms with Crippen LogP contribution in [-0.2, 0) is 14.3 Å². The number of hydrogen-bond acceptors (Lipinski definition) is 5. The van der Waals surface area contributed by atoms with E-state index in [0.29, 0.717) is 12.8 Å². The largest absolute Gasteiger partial charge is 0.481 e. The van der Waals surface area contributed by atoms with Gasteiger partial charge in [0, 0.05) is 24.9 Å². The van der Waals surface area contributed by atoms with Gasteiger partial charge in [0.15, 0.2) is 0 Å². The number of amides is 2. The number of rotatable bonds is 11. The minimum Gasteiger partial charge on any atom is -0.481 e. The van der Waals surface area contributed by atoms with Crippen molar-refractivity contribution in [2.45, 2.75) is 57.1 Å². The number of fused-ring (bicyclic) bond motifs is 3. The molecule has 2 aromatic carbocycles. The first-order chi connectivity index (χ1) is 16.2. The first kappa shape index (κ1) is 25.2. The third kappa shape index (κ3) is 6.81. The van der Waals surface area contributed by atoms with Crippen molar-refractivity contribution in [1.29, 1.82) is 0 Å². The van der Waals surface area contributed by atoms with Crippen LogP contribution in [0.4, 0.5) is 4.79 Å². The zero-order valence-electron chi connectivity index (χ0n) is 19.5. The maximum atomic E-state index is 12.3. The maximum absolute atomic E-state index is 12.3. The summed E-state index contributed by atoms with van der Waals surface area (Å²) < 4.78 is 5.54. The lowest BCUT2D eigenvalue weighted by atomic mass is 9.98. The Hall–Kier alpha value is -3.39. The Morgan fingerprint density at radius 1 is 1.06 bits per heavy atom. The molecule has 3 rings (SSSR count). The zero-order valence-corrected chi connectivity index (χ0v) is 19.5. The van der Waals surface area contributed by atoms with Crippen molar-refractivity contribution in [2.24, 2.45) is 0 Å². The van der Waals surface area contributed by atoms with Gasteiger partial charge in [-0.3, -0.25) is 9.59 Å². The van der Waals surface area contributed by atoms with Crippen molar-refractivity contribution in [2.75, 3.05) is 13.2 Å². The molecule has 34 heavy (non-hydrogen) atoms. The number of alkyl carbamates (subject to hydrolysis) is 1. The molecule has 2 unspecified atom stereocenters. The second kappa shape index (κ2) is 11.2. The molecule has 0 spiro atoms. The number of carboxylic acids is 1. The van der Waals surface area contributed by atoms with E-state index < -0.39 is 24.1 Å². The summed E-state index contributed by atoms with van der Waals surface area (Å²) in [5.41, 5.74) is 3.14. The van der Waals surface area contributed by atoms with E-state index in [1.807, 2.05) is 31.2 Å². The van der Waals surface area contributed by atoms with Crippen molar-refractivity contribution in [3.8, 4) is 11.1 Å². The molecule has 182 valence electrons. The summed E-state index contributed by atoms with van der Waals surface area (Å²) in [7, 11) is 0. The predicted octanol–water partition coefficient (Wildman–Crippen LogP) is 3.43. The van der Waals surface area contributed by atoms with Gasteiger partial charge in [-0.2, -0.15) is 0 Å². The maximum Gasteiger partial charge on any atom is 0.407 e. The van der Waals surface area contributed by atoms with Crippen LogP contribution in [0.15, 0.2) is 48.5 Å². The summed E-state index contributed by atoms with van der Waals surface area (Å²) in [6.07, 6.45) is 0.360. The highest BCUT2D eigenvalue weighted by molar-refractivity contribution is 5.79. The highest BCUT2D eigenvalue weighted by Gasteiger charge is 2.29. The third-order valence-corrected chi connectivity index (χ3v) is 5.95. The van der Waals surface area contributed by atoms with Crippen molar-refractivity contribution >= 4 is 18.0 Å². The van der Waals surface area contributed by atoms with Crippen molar-refractivity contribution in [1.82, 2.24) is 10.6 Å². The molecule has 1 aliphatic carbocycles. The van der Waals surface area contributed by atoms with Gasteiger partial charge in [-0.25, -0.2) is 4.79 Å². The van der Waals surface area contributed by atoms with E-state index >= 15 is 0 Å². The predicted molar refractivity (Wildman–Crippen MR) is 127 cm³/mol. The van der Waals surface area contributed by atoms with Gasteiger partial charge in [0.05, 0.1) is 12.0 Å². The van der Waals surface area contributed by atoms with Crippen LogP contribution in [0, 0.1) is 0 Å². The first-order valence-corrected chi connectivity index (χ1v) is 11.5. The van der Waals surface area contributed by atoms with E-state index in [4.69, 9.17) is 9.84 Å². The van der Waals surface area contributed by atoms with Gasteiger partial charge in [0.25, 0.3) is 0 Å². The number of nitrogens with one attached hydrogen (secondary N) is 2. The van der Waals surface area contributed by atoms with E-state index in [0.717, 1.165) is 11.1 Å². The van der Waals surface area contributed by atoms with Gasteiger partial charge in [-0.1, -0.05) is 48.5 Å². The quantitative estimate of drug-likeness (QED) is 0.400. The Morgan fingerprint density at radius 3 is 2.24 bits per heavy atom. The number of carbonyl (C=O) groups excluding carboxylic acids is 2. The molecule has 0 bridgehead atoms.